The van der Waals surface area contributed by atoms with Crippen LogP contribution in [0.3, 0.4) is 0 Å². The van der Waals surface area contributed by atoms with Gasteiger partial charge in [0.25, 0.3) is 0 Å². The van der Waals surface area contributed by atoms with Gasteiger partial charge < -0.3 is 9.67 Å². The van der Waals surface area contributed by atoms with Crippen LogP contribution in [0.15, 0.2) is 12.3 Å². The second-order valence-corrected chi connectivity index (χ2v) is 3.08. The molecule has 0 unspecified atom stereocenters. The number of hydrogen-bond donors (Lipinski definition) is 1. The van der Waals surface area contributed by atoms with Crippen LogP contribution in [-0.2, 0) is 6.54 Å². The number of hydrogen-bond acceptors (Lipinski definition) is 2. The van der Waals surface area contributed by atoms with E-state index in [0.29, 0.717) is 18.5 Å². The number of unbranched alkanes of at least 4 members (excludes halogenated alkanes) is 1. The van der Waals surface area contributed by atoms with Gasteiger partial charge in [0.1, 0.15) is 0 Å². The number of carboxylic acid groups (broad SMARTS) is 1. The molecule has 0 saturated heterocycles. The summed E-state index contributed by atoms with van der Waals surface area (Å²) >= 11 is 0. The molecular weight excluding hydrogens is 180 g/mol. The van der Waals surface area contributed by atoms with Gasteiger partial charge in [0, 0.05) is 24.9 Å². The van der Waals surface area contributed by atoms with Crippen LogP contribution < -0.4 is 0 Å². The summed E-state index contributed by atoms with van der Waals surface area (Å²) in [5.41, 5.74) is 1.08. The number of rotatable bonds is 4. The first-order valence-corrected chi connectivity index (χ1v) is 4.42. The summed E-state index contributed by atoms with van der Waals surface area (Å²) in [6, 6.07) is 3.64. The maximum atomic E-state index is 10.7. The average Bonchev–Trinajstić information content (AvgIpc) is 2.48. The smallest absolute Gasteiger partial charge is 0.337 e. The van der Waals surface area contributed by atoms with Crippen molar-refractivity contribution in [3.05, 3.63) is 23.5 Å². The second-order valence-electron chi connectivity index (χ2n) is 3.08. The average molecular weight is 192 g/mol. The Morgan fingerprint density at radius 3 is 2.93 bits per heavy atom. The van der Waals surface area contributed by atoms with Crippen molar-refractivity contribution in [2.24, 2.45) is 0 Å². The number of nitrogens with zero attached hydrogens (tertiary/aromatic N) is 2. The molecule has 0 atom stereocenters. The fourth-order valence-electron chi connectivity index (χ4n) is 1.35. The monoisotopic (exact) mass is 192 g/mol. The Bertz CT molecular complexity index is 374. The molecule has 0 aliphatic rings. The first kappa shape index (κ1) is 10.3. The summed E-state index contributed by atoms with van der Waals surface area (Å²) < 4.78 is 1.86. The molecule has 1 rings (SSSR count). The molecule has 1 N–H and O–H groups in total. The van der Waals surface area contributed by atoms with E-state index in [2.05, 4.69) is 6.07 Å². The zero-order chi connectivity index (χ0) is 10.6. The van der Waals surface area contributed by atoms with Crippen molar-refractivity contribution in [3.63, 3.8) is 0 Å². The van der Waals surface area contributed by atoms with Crippen molar-refractivity contribution in [2.45, 2.75) is 26.3 Å². The molecule has 1 aromatic rings. The lowest BCUT2D eigenvalue weighted by molar-refractivity contribution is 0.0696. The van der Waals surface area contributed by atoms with Crippen molar-refractivity contribution < 1.29 is 9.90 Å². The predicted octanol–water partition coefficient (Wildman–Crippen LogP) is 1.80. The normalized spacial score (nSPS) is 9.71. The second kappa shape index (κ2) is 4.47. The van der Waals surface area contributed by atoms with Crippen LogP contribution in [-0.4, -0.2) is 15.6 Å². The number of nitriles is 1. The lowest BCUT2D eigenvalue weighted by Crippen LogP contribution is -2.02. The molecule has 0 aromatic carbocycles. The lowest BCUT2D eigenvalue weighted by Gasteiger charge is -2.03. The lowest BCUT2D eigenvalue weighted by atomic mass is 10.2. The molecule has 1 heterocycles. The predicted molar refractivity (Wildman–Crippen MR) is 51.0 cm³/mol. The van der Waals surface area contributed by atoms with E-state index in [1.54, 1.807) is 19.2 Å². The fraction of sp³-hybridized carbons (Fsp3) is 0.400. The topological polar surface area (TPSA) is 66.0 Å². The molecule has 4 heteroatoms. The molecule has 74 valence electrons. The molecule has 14 heavy (non-hydrogen) atoms. The highest BCUT2D eigenvalue weighted by Gasteiger charge is 2.10. The van der Waals surface area contributed by atoms with Crippen LogP contribution in [0.1, 0.15) is 28.9 Å². The summed E-state index contributed by atoms with van der Waals surface area (Å²) in [5.74, 6) is -0.901. The van der Waals surface area contributed by atoms with Gasteiger partial charge in [0.15, 0.2) is 0 Å². The number of carboxylic acids is 1. The van der Waals surface area contributed by atoms with E-state index in [9.17, 15) is 4.79 Å². The number of aryl methyl sites for hydroxylation is 1. The Hall–Kier alpha value is -1.76. The van der Waals surface area contributed by atoms with Crippen molar-refractivity contribution in [1.29, 1.82) is 5.26 Å². The van der Waals surface area contributed by atoms with Crippen LogP contribution in [0.2, 0.25) is 0 Å². The molecule has 0 bridgehead atoms. The molecule has 0 aliphatic carbocycles. The number of aromatic nitrogens is 1. The third kappa shape index (κ3) is 2.13. The Kier molecular flexibility index (Phi) is 3.29. The van der Waals surface area contributed by atoms with Crippen LogP contribution in [0, 0.1) is 18.3 Å². The third-order valence-corrected chi connectivity index (χ3v) is 2.16. The highest BCUT2D eigenvalue weighted by molar-refractivity contribution is 5.88. The Labute approximate surface area is 82.4 Å². The van der Waals surface area contributed by atoms with Gasteiger partial charge >= 0.3 is 5.97 Å². The summed E-state index contributed by atoms with van der Waals surface area (Å²) in [4.78, 5) is 10.7. The van der Waals surface area contributed by atoms with Crippen molar-refractivity contribution in [2.75, 3.05) is 0 Å². The summed E-state index contributed by atoms with van der Waals surface area (Å²) in [7, 11) is 0. The molecule has 4 nitrogen and oxygen atoms in total. The SMILES string of the molecule is Cc1c(C(=O)O)ccn1CCCC#N. The number of carbonyl (C=O) groups is 1. The largest absolute Gasteiger partial charge is 0.478 e. The van der Waals surface area contributed by atoms with Gasteiger partial charge in [-0.15, -0.1) is 0 Å². The van der Waals surface area contributed by atoms with Gasteiger partial charge in [-0.25, -0.2) is 4.79 Å². The highest BCUT2D eigenvalue weighted by atomic mass is 16.4. The standard InChI is InChI=1S/C10H12N2O2/c1-8-9(10(13)14)4-7-12(8)6-3-2-5-11/h4,7H,2-3,6H2,1H3,(H,13,14). The minimum absolute atomic E-state index is 0.335. The van der Waals surface area contributed by atoms with Crippen LogP contribution in [0.4, 0.5) is 0 Å². The van der Waals surface area contributed by atoms with Gasteiger partial charge in [0.05, 0.1) is 11.6 Å². The maximum absolute atomic E-state index is 10.7. The summed E-state index contributed by atoms with van der Waals surface area (Å²) in [5, 5.41) is 17.1. The molecule has 1 aromatic heterocycles. The van der Waals surface area contributed by atoms with E-state index in [0.717, 1.165) is 12.1 Å². The minimum Gasteiger partial charge on any atom is -0.478 e. The van der Waals surface area contributed by atoms with E-state index < -0.39 is 5.97 Å². The highest BCUT2D eigenvalue weighted by Crippen LogP contribution is 2.10. The van der Waals surface area contributed by atoms with Crippen molar-refractivity contribution >= 4 is 5.97 Å². The van der Waals surface area contributed by atoms with Gasteiger partial charge in [-0.05, 0) is 19.4 Å². The van der Waals surface area contributed by atoms with Crippen LogP contribution in [0.5, 0.6) is 0 Å². The van der Waals surface area contributed by atoms with E-state index in [1.165, 1.54) is 0 Å². The van der Waals surface area contributed by atoms with E-state index >= 15 is 0 Å². The van der Waals surface area contributed by atoms with Gasteiger partial charge in [-0.1, -0.05) is 0 Å². The molecule has 0 aliphatic heterocycles. The van der Waals surface area contributed by atoms with Gasteiger partial charge in [-0.2, -0.15) is 5.26 Å². The van der Waals surface area contributed by atoms with E-state index in [4.69, 9.17) is 10.4 Å². The minimum atomic E-state index is -0.901. The quantitative estimate of drug-likeness (QED) is 0.739. The van der Waals surface area contributed by atoms with Crippen molar-refractivity contribution in [1.82, 2.24) is 4.57 Å². The van der Waals surface area contributed by atoms with Gasteiger partial charge in [-0.3, -0.25) is 0 Å². The summed E-state index contributed by atoms with van der Waals surface area (Å²) in [6.45, 7) is 2.47. The first-order valence-electron chi connectivity index (χ1n) is 4.42. The van der Waals surface area contributed by atoms with E-state index in [-0.39, 0.29) is 0 Å². The first-order chi connectivity index (χ1) is 6.66. The molecule has 0 fully saturated rings. The molecule has 0 radical (unpaired) electrons. The zero-order valence-electron chi connectivity index (χ0n) is 8.03. The molecule has 0 spiro atoms. The molecule has 0 saturated carbocycles. The number of aromatic carboxylic acids is 1. The van der Waals surface area contributed by atoms with Crippen molar-refractivity contribution in [3.8, 4) is 6.07 Å². The molecular formula is C10H12N2O2. The van der Waals surface area contributed by atoms with Crippen LogP contribution >= 0.6 is 0 Å². The molecule has 0 amide bonds. The maximum Gasteiger partial charge on any atom is 0.337 e. The van der Waals surface area contributed by atoms with E-state index in [1.807, 2.05) is 4.57 Å². The zero-order valence-corrected chi connectivity index (χ0v) is 8.03. The third-order valence-electron chi connectivity index (χ3n) is 2.16. The fourth-order valence-corrected chi connectivity index (χ4v) is 1.35. The van der Waals surface area contributed by atoms with Gasteiger partial charge in [0.2, 0.25) is 0 Å². The Morgan fingerprint density at radius 2 is 2.43 bits per heavy atom. The Balaban J connectivity index is 2.71. The van der Waals surface area contributed by atoms with Crippen LogP contribution in [0.25, 0.3) is 0 Å². The summed E-state index contributed by atoms with van der Waals surface area (Å²) in [6.07, 6.45) is 3.00. The Morgan fingerprint density at radius 1 is 1.71 bits per heavy atom.